The average Bonchev–Trinajstić information content (AvgIpc) is 3.37. The summed E-state index contributed by atoms with van der Waals surface area (Å²) in [6.07, 6.45) is 6.30. The molecule has 0 aliphatic heterocycles. The van der Waals surface area contributed by atoms with Crippen LogP contribution in [0.5, 0.6) is 0 Å². The fourth-order valence-electron chi connectivity index (χ4n) is 3.38. The number of furan rings is 1. The molecule has 1 N–H and O–H groups in total. The Morgan fingerprint density at radius 2 is 1.78 bits per heavy atom. The van der Waals surface area contributed by atoms with Crippen molar-refractivity contribution in [1.82, 2.24) is 20.2 Å². The summed E-state index contributed by atoms with van der Waals surface area (Å²) in [6.45, 7) is 0.434. The monoisotopic (exact) mass is 426 g/mol. The van der Waals surface area contributed by atoms with Gasteiger partial charge in [0.25, 0.3) is 5.91 Å². The molecular weight excluding hydrogens is 404 g/mol. The average molecular weight is 426 g/mol. The number of nitrogens with one attached hydrogen (secondary N) is 1. The molecule has 3 heterocycles. The standard InChI is InChI=1S/C25H22N4O3/c30-24(28-16-19-8-2-1-3-9-19)23(20-10-6-13-26-17-20)29(18-21-11-7-15-32-21)25(31)22-12-4-5-14-27-22/h1-15,17,23H,16,18H2,(H,28,30)/t23-/m0/s1. The molecule has 7 heteroatoms. The molecule has 0 fully saturated rings. The molecule has 0 spiro atoms. The normalized spacial score (nSPS) is 11.5. The Kier molecular flexibility index (Phi) is 6.67. The number of benzene rings is 1. The van der Waals surface area contributed by atoms with Gasteiger partial charge >= 0.3 is 0 Å². The van der Waals surface area contributed by atoms with Crippen LogP contribution in [0.15, 0.2) is 102 Å². The molecule has 0 aliphatic rings. The minimum absolute atomic E-state index is 0.0979. The van der Waals surface area contributed by atoms with Gasteiger partial charge in [0, 0.05) is 30.7 Å². The number of pyridine rings is 2. The molecule has 0 bridgehead atoms. The maximum atomic E-state index is 13.5. The lowest BCUT2D eigenvalue weighted by Crippen LogP contribution is -2.43. The predicted octanol–water partition coefficient (Wildman–Crippen LogP) is 3.77. The minimum atomic E-state index is -0.924. The highest BCUT2D eigenvalue weighted by Gasteiger charge is 2.33. The van der Waals surface area contributed by atoms with Gasteiger partial charge in [-0.1, -0.05) is 42.5 Å². The van der Waals surface area contributed by atoms with Crippen LogP contribution in [-0.4, -0.2) is 26.7 Å². The van der Waals surface area contributed by atoms with Gasteiger partial charge in [-0.15, -0.1) is 0 Å². The molecule has 32 heavy (non-hydrogen) atoms. The molecule has 0 saturated carbocycles. The van der Waals surface area contributed by atoms with Crippen molar-refractivity contribution in [2.75, 3.05) is 0 Å². The minimum Gasteiger partial charge on any atom is -0.467 e. The lowest BCUT2D eigenvalue weighted by Gasteiger charge is -2.30. The summed E-state index contributed by atoms with van der Waals surface area (Å²) in [5.74, 6) is -0.151. The van der Waals surface area contributed by atoms with Gasteiger partial charge in [-0.05, 0) is 35.9 Å². The summed E-state index contributed by atoms with van der Waals surface area (Å²) in [5.41, 5.74) is 1.79. The van der Waals surface area contributed by atoms with Crippen LogP contribution in [0.25, 0.3) is 0 Å². The maximum absolute atomic E-state index is 13.5. The van der Waals surface area contributed by atoms with E-state index in [1.54, 1.807) is 61.1 Å². The summed E-state index contributed by atoms with van der Waals surface area (Å²) in [6, 6.07) is 20.8. The zero-order chi connectivity index (χ0) is 22.2. The molecule has 0 radical (unpaired) electrons. The fraction of sp³-hybridized carbons (Fsp3) is 0.120. The van der Waals surface area contributed by atoms with E-state index in [0.717, 1.165) is 5.56 Å². The van der Waals surface area contributed by atoms with Gasteiger partial charge in [0.15, 0.2) is 0 Å². The Morgan fingerprint density at radius 3 is 2.47 bits per heavy atom. The van der Waals surface area contributed by atoms with Crippen molar-refractivity contribution in [2.24, 2.45) is 0 Å². The molecule has 7 nitrogen and oxygen atoms in total. The van der Waals surface area contributed by atoms with Crippen molar-refractivity contribution < 1.29 is 14.0 Å². The van der Waals surface area contributed by atoms with Crippen LogP contribution in [-0.2, 0) is 17.9 Å². The van der Waals surface area contributed by atoms with E-state index in [1.807, 2.05) is 30.3 Å². The second kappa shape index (κ2) is 10.2. The van der Waals surface area contributed by atoms with E-state index in [9.17, 15) is 9.59 Å². The smallest absolute Gasteiger partial charge is 0.273 e. The Bertz CT molecular complexity index is 1130. The predicted molar refractivity (Wildman–Crippen MR) is 118 cm³/mol. The summed E-state index contributed by atoms with van der Waals surface area (Å²) in [7, 11) is 0. The highest BCUT2D eigenvalue weighted by molar-refractivity contribution is 5.96. The summed E-state index contributed by atoms with van der Waals surface area (Å²) in [4.78, 5) is 36.7. The van der Waals surface area contributed by atoms with Gasteiger partial charge < -0.3 is 14.6 Å². The molecule has 0 unspecified atom stereocenters. The van der Waals surface area contributed by atoms with E-state index >= 15 is 0 Å². The first-order chi connectivity index (χ1) is 15.7. The molecule has 1 aromatic carbocycles. The zero-order valence-electron chi connectivity index (χ0n) is 17.3. The molecule has 2 amide bonds. The molecule has 1 atom stereocenters. The number of carbonyl (C=O) groups is 2. The molecule has 160 valence electrons. The lowest BCUT2D eigenvalue weighted by molar-refractivity contribution is -0.126. The Morgan fingerprint density at radius 1 is 0.938 bits per heavy atom. The van der Waals surface area contributed by atoms with Crippen LogP contribution in [0, 0.1) is 0 Å². The highest BCUT2D eigenvalue weighted by atomic mass is 16.3. The largest absolute Gasteiger partial charge is 0.467 e. The van der Waals surface area contributed by atoms with Crippen LogP contribution < -0.4 is 5.32 Å². The van der Waals surface area contributed by atoms with E-state index in [2.05, 4.69) is 15.3 Å². The van der Waals surface area contributed by atoms with Crippen molar-refractivity contribution >= 4 is 11.8 Å². The SMILES string of the molecule is O=C(NCc1ccccc1)[C@H](c1cccnc1)N(Cc1ccco1)C(=O)c1ccccn1. The first kappa shape index (κ1) is 21.0. The van der Waals surface area contributed by atoms with E-state index in [-0.39, 0.29) is 24.1 Å². The number of rotatable bonds is 8. The second-order valence-electron chi connectivity index (χ2n) is 7.12. The molecule has 4 aromatic rings. The van der Waals surface area contributed by atoms with Crippen molar-refractivity contribution in [1.29, 1.82) is 0 Å². The van der Waals surface area contributed by atoms with Crippen LogP contribution >= 0.6 is 0 Å². The third-order valence-electron chi connectivity index (χ3n) is 4.92. The van der Waals surface area contributed by atoms with Gasteiger partial charge in [0.05, 0.1) is 12.8 Å². The number of amides is 2. The molecule has 4 rings (SSSR count). The lowest BCUT2D eigenvalue weighted by atomic mass is 10.0. The first-order valence-electron chi connectivity index (χ1n) is 10.2. The van der Waals surface area contributed by atoms with Crippen LogP contribution in [0.3, 0.4) is 0 Å². The van der Waals surface area contributed by atoms with Crippen LogP contribution in [0.4, 0.5) is 0 Å². The molecule has 3 aromatic heterocycles. The number of hydrogen-bond donors (Lipinski definition) is 1. The summed E-state index contributed by atoms with van der Waals surface area (Å²) < 4.78 is 5.48. The van der Waals surface area contributed by atoms with Crippen molar-refractivity contribution in [3.63, 3.8) is 0 Å². The van der Waals surface area contributed by atoms with Crippen LogP contribution in [0.2, 0.25) is 0 Å². The highest BCUT2D eigenvalue weighted by Crippen LogP contribution is 2.25. The number of aromatic nitrogens is 2. The zero-order valence-corrected chi connectivity index (χ0v) is 17.3. The van der Waals surface area contributed by atoms with Crippen LogP contribution in [0.1, 0.15) is 33.4 Å². The third-order valence-corrected chi connectivity index (χ3v) is 4.92. The Balaban J connectivity index is 1.68. The third kappa shape index (κ3) is 5.07. The van der Waals surface area contributed by atoms with Gasteiger partial charge in [0.1, 0.15) is 17.5 Å². The van der Waals surface area contributed by atoms with E-state index in [1.165, 1.54) is 11.2 Å². The summed E-state index contributed by atoms with van der Waals surface area (Å²) >= 11 is 0. The van der Waals surface area contributed by atoms with Gasteiger partial charge in [0.2, 0.25) is 5.91 Å². The fourth-order valence-corrected chi connectivity index (χ4v) is 3.38. The Labute approximate surface area is 185 Å². The number of nitrogens with zero attached hydrogens (tertiary/aromatic N) is 3. The number of carbonyl (C=O) groups excluding carboxylic acids is 2. The molecular formula is C25H22N4O3. The quantitative estimate of drug-likeness (QED) is 0.463. The van der Waals surface area contributed by atoms with Gasteiger partial charge in [-0.2, -0.15) is 0 Å². The molecule has 0 saturated heterocycles. The van der Waals surface area contributed by atoms with E-state index in [4.69, 9.17) is 4.42 Å². The van der Waals surface area contributed by atoms with Crippen molar-refractivity contribution in [2.45, 2.75) is 19.1 Å². The Hall–Kier alpha value is -4.26. The van der Waals surface area contributed by atoms with Gasteiger partial charge in [-0.25, -0.2) is 0 Å². The topological polar surface area (TPSA) is 88.3 Å². The number of hydrogen-bond acceptors (Lipinski definition) is 5. The van der Waals surface area contributed by atoms with Crippen molar-refractivity contribution in [3.05, 3.63) is 120 Å². The van der Waals surface area contributed by atoms with Gasteiger partial charge in [-0.3, -0.25) is 19.6 Å². The summed E-state index contributed by atoms with van der Waals surface area (Å²) in [5, 5.41) is 2.95. The van der Waals surface area contributed by atoms with Crippen molar-refractivity contribution in [3.8, 4) is 0 Å². The first-order valence-corrected chi connectivity index (χ1v) is 10.2. The van der Waals surface area contributed by atoms with E-state index in [0.29, 0.717) is 17.9 Å². The van der Waals surface area contributed by atoms with E-state index < -0.39 is 6.04 Å². The second-order valence-corrected chi connectivity index (χ2v) is 7.12. The maximum Gasteiger partial charge on any atom is 0.273 e. The molecule has 0 aliphatic carbocycles.